The number of carbonyl (C=O) groups excluding carboxylic acids is 4. The lowest BCUT2D eigenvalue weighted by atomic mass is 9.77. The van der Waals surface area contributed by atoms with Gasteiger partial charge in [-0.15, -0.1) is 45.3 Å². The summed E-state index contributed by atoms with van der Waals surface area (Å²) in [7, 11) is 0. The van der Waals surface area contributed by atoms with Crippen molar-refractivity contribution in [2.45, 2.75) is 347 Å². The van der Waals surface area contributed by atoms with Crippen LogP contribution in [-0.2, 0) is 28.7 Å². The minimum atomic E-state index is -1.85. The number of hydrogen-bond donors (Lipinski definition) is 0. The van der Waals surface area contributed by atoms with Gasteiger partial charge in [0.1, 0.15) is 65.6 Å². The van der Waals surface area contributed by atoms with E-state index in [0.717, 1.165) is 143 Å². The molecule has 5 aromatic heterocycles. The molecule has 0 saturated heterocycles. The average Bonchev–Trinajstić information content (AvgIpc) is 1.63. The highest BCUT2D eigenvalue weighted by molar-refractivity contribution is 7.30. The zero-order chi connectivity index (χ0) is 85.3. The van der Waals surface area contributed by atoms with Crippen LogP contribution in [-0.4, -0.2) is 82.4 Å². The molecule has 6 aromatic rings. The van der Waals surface area contributed by atoms with Crippen molar-refractivity contribution < 1.29 is 55.7 Å². The second-order valence-electron chi connectivity index (χ2n) is 35.3. The van der Waals surface area contributed by atoms with E-state index < -0.39 is 84.0 Å². The van der Waals surface area contributed by atoms with Crippen molar-refractivity contribution >= 4 is 123 Å². The van der Waals surface area contributed by atoms with Gasteiger partial charge < -0.3 is 18.9 Å². The Morgan fingerprint density at radius 3 is 1.17 bits per heavy atom. The van der Waals surface area contributed by atoms with E-state index in [0.29, 0.717) is 82.3 Å². The number of fused-ring (bicyclic) bond motifs is 5. The molecule has 12 rings (SSSR count). The number of hydrogen-bond acceptors (Lipinski definition) is 18. The second-order valence-corrected chi connectivity index (χ2v) is 40.3. The number of ether oxygens (including phenoxy) is 4. The number of allylic oxidation sites excluding steroid dienone is 6. The minimum Gasteiger partial charge on any atom is -0.485 e. The van der Waals surface area contributed by atoms with Crippen molar-refractivity contribution in [1.29, 1.82) is 15.8 Å². The van der Waals surface area contributed by atoms with E-state index in [1.54, 1.807) is 12.2 Å². The number of aromatic nitrogens is 2. The number of benzene rings is 1. The van der Waals surface area contributed by atoms with Crippen LogP contribution >= 0.6 is 57.1 Å². The molecule has 6 saturated carbocycles. The Morgan fingerprint density at radius 2 is 0.810 bits per heavy atom. The summed E-state index contributed by atoms with van der Waals surface area (Å²) in [5.41, 5.74) is 2.05. The van der Waals surface area contributed by atoms with Crippen LogP contribution in [0, 0.1) is 87.9 Å². The molecular formula is C98H124F4N6O8S5. The van der Waals surface area contributed by atoms with Gasteiger partial charge in [0, 0.05) is 61.3 Å². The topological polar surface area (TPSA) is 207 Å². The standard InChI is InChI=1S/C98H124F4N6O8S5/c1-6-10-14-18-22-24-28-32-40-61(38-30-26-20-16-12-8-3)59-113-97(111)66-42-34-36-44-79(66)115-95-89(85-54-83-81(119-85)48-64(117-83)46-72-87(63(56-103)57-104)68-50-74(99)76(101)52-70(68)93(72)109)91-92(108-121-107-91)90(86-55-84-82(120-86)49-65(118-84)47-73-88(78(58-105)106-5)69-51-75(100)77(102)53-71(69)94(73)110)96(95)116-80-45-37-35-43-67(80)98(112)114-60-62(39-31-27-21-17-13-9-4)41-33-29-25-23-19-15-11-7-2/h46-49,54-55,61-62,66-71,74-77,79-80H,6-45,50-53,59-60H2,1-4H3/b72-46-,73-47-,88-78+. The maximum Gasteiger partial charge on any atom is 0.312 e. The summed E-state index contributed by atoms with van der Waals surface area (Å²) in [6.45, 7) is 17.6. The Bertz CT molecular complexity index is 4420. The lowest BCUT2D eigenvalue weighted by Gasteiger charge is -2.35. The van der Waals surface area contributed by atoms with Crippen LogP contribution < -0.4 is 9.47 Å². The minimum absolute atomic E-state index is 0.107. The average molecular weight is 1750 g/mol. The Kier molecular flexibility index (Phi) is 35.9. The third-order valence-electron chi connectivity index (χ3n) is 26.6. The third kappa shape index (κ3) is 23.5. The van der Waals surface area contributed by atoms with Crippen molar-refractivity contribution in [2.24, 2.45) is 47.3 Å². The molecular weight excluding hydrogens is 1630 g/mol. The fourth-order valence-electron chi connectivity index (χ4n) is 19.8. The molecule has 1 aromatic carbocycles. The molecule has 0 radical (unpaired) electrons. The molecule has 6 aliphatic rings. The number of alkyl halides is 4. The van der Waals surface area contributed by atoms with E-state index in [1.807, 2.05) is 42.5 Å². The van der Waals surface area contributed by atoms with Gasteiger partial charge in [-0.05, 0) is 161 Å². The van der Waals surface area contributed by atoms with Gasteiger partial charge in [-0.25, -0.2) is 27.7 Å². The summed E-state index contributed by atoms with van der Waals surface area (Å²) < 4.78 is 103. The summed E-state index contributed by atoms with van der Waals surface area (Å²) in [6, 6.07) is 13.8. The number of ketones is 2. The zero-order valence-electron chi connectivity index (χ0n) is 71.6. The first-order chi connectivity index (χ1) is 59.0. The van der Waals surface area contributed by atoms with E-state index in [-0.39, 0.29) is 83.0 Å². The van der Waals surface area contributed by atoms with Crippen LogP contribution in [0.4, 0.5) is 17.6 Å². The molecule has 652 valence electrons. The Morgan fingerprint density at radius 1 is 0.471 bits per heavy atom. The van der Waals surface area contributed by atoms with Crippen LogP contribution in [0.5, 0.6) is 11.5 Å². The quantitative estimate of drug-likeness (QED) is 0.00871. The Hall–Kier alpha value is -7.12. The van der Waals surface area contributed by atoms with Crippen molar-refractivity contribution in [3.8, 4) is 50.6 Å². The normalized spacial score (nSPS) is 24.5. The molecule has 6 fully saturated rings. The number of nitrogens with zero attached hydrogens (tertiary/aromatic N) is 6. The highest BCUT2D eigenvalue weighted by atomic mass is 32.1. The van der Waals surface area contributed by atoms with E-state index in [9.17, 15) is 25.4 Å². The molecule has 0 amide bonds. The van der Waals surface area contributed by atoms with E-state index >= 15 is 27.2 Å². The first-order valence-electron chi connectivity index (χ1n) is 46.2. The first kappa shape index (κ1) is 93.0. The van der Waals surface area contributed by atoms with Gasteiger partial charge in [-0.2, -0.15) is 19.3 Å². The predicted octanol–water partition coefficient (Wildman–Crippen LogP) is 28.7. The van der Waals surface area contributed by atoms with Gasteiger partial charge >= 0.3 is 11.9 Å². The van der Waals surface area contributed by atoms with Crippen molar-refractivity contribution in [3.63, 3.8) is 0 Å². The summed E-state index contributed by atoms with van der Waals surface area (Å²) in [5, 5.41) is 30.8. The lowest BCUT2D eigenvalue weighted by Crippen LogP contribution is -2.39. The van der Waals surface area contributed by atoms with E-state index in [2.05, 4.69) is 32.5 Å². The number of thiophene rings is 4. The summed E-state index contributed by atoms with van der Waals surface area (Å²) >= 11 is 6.67. The SMILES string of the molecule is [C-]#[N+]/C(C#N)=C1/C(=C/c2cc3sc(-c4c(OC5CCCCC5C(=O)OCC(CCCCCCCC)CCCCCCCCCC)c(OC5CCCCC5C(=O)OCC(CCCCCCCC)CCCCCCCCCC)c(-c5cc6sc(/C=C7\C(=O)C8CC(F)C(F)CC8C7=C(C#N)C#N)cc6s5)c5nsnc45)cc3s2)C(=O)C2CC(F)C(F)CC12. The van der Waals surface area contributed by atoms with Gasteiger partial charge in [-0.3, -0.25) is 19.2 Å². The maximum absolute atomic E-state index is 15.4. The smallest absolute Gasteiger partial charge is 0.312 e. The summed E-state index contributed by atoms with van der Waals surface area (Å²) in [4.78, 5) is 65.8. The number of rotatable bonds is 46. The van der Waals surface area contributed by atoms with E-state index in [1.165, 1.54) is 174 Å². The van der Waals surface area contributed by atoms with Gasteiger partial charge in [0.2, 0.25) is 0 Å². The number of halogens is 4. The number of nitriles is 3. The maximum atomic E-state index is 15.4. The fourth-order valence-corrected chi connectivity index (χ4v) is 25.2. The molecule has 5 heterocycles. The monoisotopic (exact) mass is 1750 g/mol. The van der Waals surface area contributed by atoms with Crippen molar-refractivity contribution in [1.82, 2.24) is 8.75 Å². The number of unbranched alkanes of at least 4 members (excludes halogenated alkanes) is 24. The van der Waals surface area contributed by atoms with Crippen LogP contribution in [0.2, 0.25) is 0 Å². The zero-order valence-corrected chi connectivity index (χ0v) is 75.7. The third-order valence-corrected chi connectivity index (χ3v) is 31.7. The second kappa shape index (κ2) is 46.7. The summed E-state index contributed by atoms with van der Waals surface area (Å²) in [5.74, 6) is -5.19. The van der Waals surface area contributed by atoms with Crippen molar-refractivity contribution in [2.75, 3.05) is 13.2 Å². The van der Waals surface area contributed by atoms with Crippen LogP contribution in [0.25, 0.3) is 67.7 Å². The number of Topliss-reactive ketones (excluding diaryl/α,β-unsaturated/α-hetero) is 2. The molecule has 6 aliphatic carbocycles. The van der Waals surface area contributed by atoms with Gasteiger partial charge in [0.15, 0.2) is 23.1 Å². The van der Waals surface area contributed by atoms with E-state index in [4.69, 9.17) is 34.3 Å². The van der Waals surface area contributed by atoms with Crippen LogP contribution in [0.3, 0.4) is 0 Å². The largest absolute Gasteiger partial charge is 0.485 e. The molecule has 23 heteroatoms. The molecule has 0 spiro atoms. The molecule has 121 heavy (non-hydrogen) atoms. The molecule has 0 N–H and O–H groups in total. The highest BCUT2D eigenvalue weighted by Crippen LogP contribution is 2.58. The Balaban J connectivity index is 0.960. The Labute approximate surface area is 734 Å². The van der Waals surface area contributed by atoms with Crippen LogP contribution in [0.15, 0.2) is 57.8 Å². The molecule has 14 unspecified atom stereocenters. The lowest BCUT2D eigenvalue weighted by molar-refractivity contribution is -0.156. The predicted molar refractivity (Wildman–Crippen MR) is 482 cm³/mol. The van der Waals surface area contributed by atoms with Gasteiger partial charge in [0.25, 0.3) is 5.70 Å². The van der Waals surface area contributed by atoms with Crippen molar-refractivity contribution in [3.05, 3.63) is 79.0 Å². The van der Waals surface area contributed by atoms with Crippen LogP contribution in [0.1, 0.15) is 320 Å². The molecule has 0 bridgehead atoms. The summed E-state index contributed by atoms with van der Waals surface area (Å²) in [6.07, 6.45) is 35.6. The fraction of sp³-hybridized carbons (Fsp3) is 0.653. The highest BCUT2D eigenvalue weighted by Gasteiger charge is 2.53. The van der Waals surface area contributed by atoms with Gasteiger partial charge in [0.05, 0.1) is 60.5 Å². The number of carbonyl (C=O) groups is 4. The van der Waals surface area contributed by atoms with Gasteiger partial charge in [-0.1, -0.05) is 220 Å². The number of esters is 2. The molecule has 14 nitrogen and oxygen atoms in total. The molecule has 0 aliphatic heterocycles. The first-order valence-corrected chi connectivity index (χ1v) is 50.2. The molecule has 14 atom stereocenters.